The first-order chi connectivity index (χ1) is 7.86. The maximum absolute atomic E-state index is 12.2. The molecule has 2 atom stereocenters. The quantitative estimate of drug-likeness (QED) is 0.773. The van der Waals surface area contributed by atoms with E-state index in [-0.39, 0.29) is 5.91 Å². The third-order valence-corrected chi connectivity index (χ3v) is 3.89. The van der Waals surface area contributed by atoms with E-state index in [0.29, 0.717) is 11.9 Å². The van der Waals surface area contributed by atoms with Crippen LogP contribution < -0.4 is 0 Å². The van der Waals surface area contributed by atoms with Gasteiger partial charge < -0.3 is 4.90 Å². The largest absolute Gasteiger partial charge is 0.333 e. The molecule has 1 N–H and O–H groups in total. The highest BCUT2D eigenvalue weighted by Crippen LogP contribution is 2.36. The minimum atomic E-state index is 0.0203. The predicted molar refractivity (Wildman–Crippen MR) is 57.8 cm³/mol. The standard InChI is InChI=1S/C11H16N4O/c16-11(10-12-7-13-14-10)15-6-5-8-3-1-2-4-9(8)15/h7-9H,1-6H2,(H,12,13,14). The van der Waals surface area contributed by atoms with Crippen LogP contribution in [-0.2, 0) is 0 Å². The molecule has 1 aromatic heterocycles. The number of carbonyl (C=O) groups excluding carboxylic acids is 1. The Morgan fingerprint density at radius 3 is 3.06 bits per heavy atom. The predicted octanol–water partition coefficient (Wildman–Crippen LogP) is 1.21. The molecule has 1 aliphatic carbocycles. The second-order valence-electron chi connectivity index (χ2n) is 4.73. The van der Waals surface area contributed by atoms with Crippen LogP contribution in [0.15, 0.2) is 6.33 Å². The maximum Gasteiger partial charge on any atom is 0.291 e. The lowest BCUT2D eigenvalue weighted by molar-refractivity contribution is 0.0678. The smallest absolute Gasteiger partial charge is 0.291 e. The number of amides is 1. The Kier molecular flexibility index (Phi) is 2.38. The van der Waals surface area contributed by atoms with Gasteiger partial charge in [-0.05, 0) is 25.2 Å². The van der Waals surface area contributed by atoms with Crippen LogP contribution >= 0.6 is 0 Å². The molecule has 2 heterocycles. The molecule has 0 aromatic carbocycles. The van der Waals surface area contributed by atoms with Crippen molar-refractivity contribution in [2.75, 3.05) is 6.54 Å². The Hall–Kier alpha value is -1.39. The molecule has 1 saturated carbocycles. The van der Waals surface area contributed by atoms with Gasteiger partial charge in [0, 0.05) is 12.6 Å². The number of H-pyrrole nitrogens is 1. The number of rotatable bonds is 1. The van der Waals surface area contributed by atoms with E-state index in [1.54, 1.807) is 0 Å². The summed E-state index contributed by atoms with van der Waals surface area (Å²) in [5.74, 6) is 1.12. The van der Waals surface area contributed by atoms with E-state index in [1.165, 1.54) is 25.6 Å². The lowest BCUT2D eigenvalue weighted by Crippen LogP contribution is -2.39. The maximum atomic E-state index is 12.2. The SMILES string of the molecule is O=C(c1ncn[nH]1)N1CCC2CCCCC21. The molecule has 0 spiro atoms. The summed E-state index contributed by atoms with van der Waals surface area (Å²) in [6, 6.07) is 0.450. The molecule has 1 amide bonds. The van der Waals surface area contributed by atoms with Crippen LogP contribution in [0.3, 0.4) is 0 Å². The van der Waals surface area contributed by atoms with Crippen molar-refractivity contribution in [2.24, 2.45) is 5.92 Å². The van der Waals surface area contributed by atoms with E-state index in [9.17, 15) is 4.79 Å². The molecule has 2 unspecified atom stereocenters. The summed E-state index contributed by atoms with van der Waals surface area (Å²) in [6.45, 7) is 0.884. The third-order valence-electron chi connectivity index (χ3n) is 3.89. The first-order valence-corrected chi connectivity index (χ1v) is 6.02. The molecule has 5 nitrogen and oxygen atoms in total. The van der Waals surface area contributed by atoms with Crippen LogP contribution in [0.1, 0.15) is 42.7 Å². The molecular formula is C11H16N4O. The van der Waals surface area contributed by atoms with Gasteiger partial charge in [0.2, 0.25) is 5.82 Å². The summed E-state index contributed by atoms with van der Waals surface area (Å²) in [7, 11) is 0. The summed E-state index contributed by atoms with van der Waals surface area (Å²) >= 11 is 0. The summed E-state index contributed by atoms with van der Waals surface area (Å²) in [5.41, 5.74) is 0. The molecule has 2 aliphatic rings. The number of aromatic amines is 1. The molecule has 2 fully saturated rings. The molecule has 16 heavy (non-hydrogen) atoms. The number of nitrogens with zero attached hydrogens (tertiary/aromatic N) is 3. The lowest BCUT2D eigenvalue weighted by Gasteiger charge is -2.31. The minimum Gasteiger partial charge on any atom is -0.333 e. The number of hydrogen-bond donors (Lipinski definition) is 1. The van der Waals surface area contributed by atoms with Crippen molar-refractivity contribution >= 4 is 5.91 Å². The zero-order chi connectivity index (χ0) is 11.0. The Labute approximate surface area is 94.2 Å². The van der Waals surface area contributed by atoms with Crippen LogP contribution in [0.2, 0.25) is 0 Å². The van der Waals surface area contributed by atoms with E-state index >= 15 is 0 Å². The monoisotopic (exact) mass is 220 g/mol. The zero-order valence-electron chi connectivity index (χ0n) is 9.22. The van der Waals surface area contributed by atoms with E-state index in [4.69, 9.17) is 0 Å². The van der Waals surface area contributed by atoms with Gasteiger partial charge in [-0.25, -0.2) is 4.98 Å². The molecule has 1 aliphatic heterocycles. The molecule has 1 saturated heterocycles. The van der Waals surface area contributed by atoms with Crippen LogP contribution in [0.4, 0.5) is 0 Å². The fourth-order valence-corrected chi connectivity index (χ4v) is 3.10. The first-order valence-electron chi connectivity index (χ1n) is 6.02. The normalized spacial score (nSPS) is 29.1. The summed E-state index contributed by atoms with van der Waals surface area (Å²) in [6.07, 6.45) is 7.56. The lowest BCUT2D eigenvalue weighted by atomic mass is 9.85. The topological polar surface area (TPSA) is 61.9 Å². The summed E-state index contributed by atoms with van der Waals surface area (Å²) in [5, 5.41) is 6.39. The molecule has 1 aromatic rings. The van der Waals surface area contributed by atoms with Gasteiger partial charge in [0.25, 0.3) is 5.91 Å². The van der Waals surface area contributed by atoms with Gasteiger partial charge in [0.15, 0.2) is 0 Å². The van der Waals surface area contributed by atoms with Crippen molar-refractivity contribution < 1.29 is 4.79 Å². The number of fused-ring (bicyclic) bond motifs is 1. The summed E-state index contributed by atoms with van der Waals surface area (Å²) < 4.78 is 0. The fraction of sp³-hybridized carbons (Fsp3) is 0.727. The summed E-state index contributed by atoms with van der Waals surface area (Å²) in [4.78, 5) is 18.1. The molecule has 3 rings (SSSR count). The Morgan fingerprint density at radius 2 is 2.25 bits per heavy atom. The van der Waals surface area contributed by atoms with Gasteiger partial charge in [-0.15, -0.1) is 0 Å². The molecule has 5 heteroatoms. The van der Waals surface area contributed by atoms with E-state index in [2.05, 4.69) is 15.2 Å². The van der Waals surface area contributed by atoms with Crippen molar-refractivity contribution in [3.05, 3.63) is 12.2 Å². The molecular weight excluding hydrogens is 204 g/mol. The molecule has 86 valence electrons. The van der Waals surface area contributed by atoms with Crippen molar-refractivity contribution in [1.29, 1.82) is 0 Å². The average Bonchev–Trinajstić information content (AvgIpc) is 2.98. The van der Waals surface area contributed by atoms with Crippen LogP contribution in [0, 0.1) is 5.92 Å². The van der Waals surface area contributed by atoms with E-state index in [0.717, 1.165) is 25.3 Å². The fourth-order valence-electron chi connectivity index (χ4n) is 3.10. The van der Waals surface area contributed by atoms with Gasteiger partial charge in [0.05, 0.1) is 0 Å². The third kappa shape index (κ3) is 1.50. The van der Waals surface area contributed by atoms with Crippen LogP contribution in [-0.4, -0.2) is 38.6 Å². The molecule has 0 radical (unpaired) electrons. The second kappa shape index (κ2) is 3.88. The van der Waals surface area contributed by atoms with Crippen molar-refractivity contribution in [2.45, 2.75) is 38.1 Å². The highest BCUT2D eigenvalue weighted by molar-refractivity contribution is 5.90. The van der Waals surface area contributed by atoms with Crippen molar-refractivity contribution in [3.63, 3.8) is 0 Å². The Balaban J connectivity index is 1.78. The number of aromatic nitrogens is 3. The number of nitrogens with one attached hydrogen (secondary N) is 1. The van der Waals surface area contributed by atoms with Gasteiger partial charge >= 0.3 is 0 Å². The van der Waals surface area contributed by atoms with Crippen molar-refractivity contribution in [3.8, 4) is 0 Å². The highest BCUT2D eigenvalue weighted by atomic mass is 16.2. The average molecular weight is 220 g/mol. The van der Waals surface area contributed by atoms with Crippen LogP contribution in [0.5, 0.6) is 0 Å². The first kappa shape index (κ1) is 9.81. The number of hydrogen-bond acceptors (Lipinski definition) is 3. The number of likely N-dealkylation sites (tertiary alicyclic amines) is 1. The van der Waals surface area contributed by atoms with E-state index < -0.39 is 0 Å². The van der Waals surface area contributed by atoms with Gasteiger partial charge in [-0.2, -0.15) is 5.10 Å². The van der Waals surface area contributed by atoms with Gasteiger partial charge in [0.1, 0.15) is 6.33 Å². The Morgan fingerprint density at radius 1 is 1.38 bits per heavy atom. The molecule has 0 bridgehead atoms. The minimum absolute atomic E-state index is 0.0203. The Bertz CT molecular complexity index is 375. The van der Waals surface area contributed by atoms with Gasteiger partial charge in [-0.3, -0.25) is 9.89 Å². The van der Waals surface area contributed by atoms with E-state index in [1.807, 2.05) is 4.90 Å². The zero-order valence-corrected chi connectivity index (χ0v) is 9.22. The number of carbonyl (C=O) groups is 1. The highest BCUT2D eigenvalue weighted by Gasteiger charge is 2.39. The van der Waals surface area contributed by atoms with Crippen molar-refractivity contribution in [1.82, 2.24) is 20.1 Å². The second-order valence-corrected chi connectivity index (χ2v) is 4.73. The van der Waals surface area contributed by atoms with Gasteiger partial charge in [-0.1, -0.05) is 12.8 Å². The van der Waals surface area contributed by atoms with Crippen LogP contribution in [0.25, 0.3) is 0 Å².